The Morgan fingerprint density at radius 3 is 2.73 bits per heavy atom. The molecule has 1 fully saturated rings. The van der Waals surface area contributed by atoms with Crippen LogP contribution in [-0.2, 0) is 30.9 Å². The summed E-state index contributed by atoms with van der Waals surface area (Å²) in [5, 5.41) is 9.71. The summed E-state index contributed by atoms with van der Waals surface area (Å²) in [7, 11) is 0. The van der Waals surface area contributed by atoms with Gasteiger partial charge in [0.05, 0.1) is 12.4 Å². The third-order valence-electron chi connectivity index (χ3n) is 8.82. The second kappa shape index (κ2) is 11.7. The Balaban J connectivity index is 1.36. The lowest BCUT2D eigenvalue weighted by Crippen LogP contribution is -2.48. The maximum absolute atomic E-state index is 14.1. The zero-order chi connectivity index (χ0) is 28.5. The summed E-state index contributed by atoms with van der Waals surface area (Å²) in [6.45, 7) is 4.27. The van der Waals surface area contributed by atoms with Crippen LogP contribution >= 0.6 is 15.9 Å². The molecule has 1 saturated carbocycles. The number of nitriles is 1. The number of rotatable bonds is 7. The van der Waals surface area contributed by atoms with E-state index in [1.807, 2.05) is 53.1 Å². The lowest BCUT2D eigenvalue weighted by molar-refractivity contribution is -0.140. The van der Waals surface area contributed by atoms with Crippen molar-refractivity contribution in [1.29, 1.82) is 5.26 Å². The van der Waals surface area contributed by atoms with Gasteiger partial charge in [0.1, 0.15) is 29.8 Å². The Bertz CT molecular complexity index is 1520. The molecule has 212 valence electrons. The molecule has 0 bridgehead atoms. The number of carbonyl (C=O) groups is 2. The first-order valence-corrected chi connectivity index (χ1v) is 15.3. The number of ether oxygens (including phenoxy) is 1. The van der Waals surface area contributed by atoms with Crippen LogP contribution in [0.1, 0.15) is 83.5 Å². The van der Waals surface area contributed by atoms with Crippen LogP contribution in [0.2, 0.25) is 0 Å². The first-order valence-electron chi connectivity index (χ1n) is 14.6. The standard InChI is InChI=1S/C32H34BrN5O3/c1-2-36-20-35-26(27(36)16-34)19-41-29-13-12-25(33)24-14-15-38(31(39)21-8-4-3-5-9-21)28(30(24)29)18-37-17-22-10-6-7-11-23(22)32(37)40/h6-7,10-13,20-21,28H,2-5,8-9,14-15,17-19H2,1H3/t28-/m1/s1. The molecule has 6 rings (SSSR count). The minimum atomic E-state index is -0.345. The fourth-order valence-corrected chi connectivity index (χ4v) is 7.20. The highest BCUT2D eigenvalue weighted by atomic mass is 79.9. The normalized spacial score (nSPS) is 18.7. The molecule has 41 heavy (non-hydrogen) atoms. The number of aryl methyl sites for hydroxylation is 1. The molecule has 2 aromatic carbocycles. The van der Waals surface area contributed by atoms with Gasteiger partial charge in [-0.15, -0.1) is 0 Å². The zero-order valence-electron chi connectivity index (χ0n) is 23.3. The van der Waals surface area contributed by atoms with Crippen LogP contribution in [0.25, 0.3) is 0 Å². The topological polar surface area (TPSA) is 91.5 Å². The fraction of sp³-hybridized carbons (Fsp3) is 0.438. The maximum atomic E-state index is 14.1. The molecule has 1 atom stereocenters. The predicted octanol–water partition coefficient (Wildman–Crippen LogP) is 5.78. The molecule has 1 aromatic heterocycles. The molecule has 1 aliphatic carbocycles. The largest absolute Gasteiger partial charge is 0.487 e. The summed E-state index contributed by atoms with van der Waals surface area (Å²) in [5.41, 5.74) is 4.86. The van der Waals surface area contributed by atoms with Crippen LogP contribution in [0.15, 0.2) is 47.2 Å². The fourth-order valence-electron chi connectivity index (χ4n) is 6.66. The van der Waals surface area contributed by atoms with Crippen LogP contribution in [0, 0.1) is 17.2 Å². The molecule has 9 heteroatoms. The number of aromatic nitrogens is 2. The Morgan fingerprint density at radius 2 is 1.98 bits per heavy atom. The Morgan fingerprint density at radius 1 is 1.17 bits per heavy atom. The zero-order valence-corrected chi connectivity index (χ0v) is 24.9. The maximum Gasteiger partial charge on any atom is 0.254 e. The second-order valence-electron chi connectivity index (χ2n) is 11.1. The summed E-state index contributed by atoms with van der Waals surface area (Å²) < 4.78 is 9.19. The number of halogens is 1. The minimum absolute atomic E-state index is 0.000906. The SMILES string of the molecule is CCn1cnc(COc2ccc(Br)c3c2[C@@H](CN2Cc4ccccc4C2=O)N(C(=O)C2CCCCC2)CC3)c1C#N. The van der Waals surface area contributed by atoms with Gasteiger partial charge in [-0.3, -0.25) is 9.59 Å². The van der Waals surface area contributed by atoms with Gasteiger partial charge in [-0.1, -0.05) is 53.4 Å². The third-order valence-corrected chi connectivity index (χ3v) is 9.57. The van der Waals surface area contributed by atoms with Crippen LogP contribution in [-0.4, -0.2) is 44.3 Å². The minimum Gasteiger partial charge on any atom is -0.487 e. The number of amides is 2. The van der Waals surface area contributed by atoms with E-state index in [0.717, 1.165) is 52.4 Å². The van der Waals surface area contributed by atoms with E-state index < -0.39 is 0 Å². The van der Waals surface area contributed by atoms with Crippen molar-refractivity contribution < 1.29 is 14.3 Å². The highest BCUT2D eigenvalue weighted by Crippen LogP contribution is 2.43. The van der Waals surface area contributed by atoms with Gasteiger partial charge < -0.3 is 19.1 Å². The summed E-state index contributed by atoms with van der Waals surface area (Å²) >= 11 is 3.76. The van der Waals surface area contributed by atoms with E-state index in [4.69, 9.17) is 4.74 Å². The smallest absolute Gasteiger partial charge is 0.254 e. The van der Waals surface area contributed by atoms with Crippen LogP contribution in [0.3, 0.4) is 0 Å². The second-order valence-corrected chi connectivity index (χ2v) is 12.0. The Hall–Kier alpha value is -3.64. The molecule has 3 aliphatic rings. The van der Waals surface area contributed by atoms with E-state index in [9.17, 15) is 14.9 Å². The summed E-state index contributed by atoms with van der Waals surface area (Å²) in [6, 6.07) is 13.5. The third kappa shape index (κ3) is 5.14. The number of fused-ring (bicyclic) bond motifs is 2. The van der Waals surface area contributed by atoms with Crippen molar-refractivity contribution in [2.75, 3.05) is 13.1 Å². The molecule has 2 amide bonds. The van der Waals surface area contributed by atoms with Crippen molar-refractivity contribution in [3.8, 4) is 11.8 Å². The highest BCUT2D eigenvalue weighted by Gasteiger charge is 2.40. The molecule has 2 aliphatic heterocycles. The summed E-state index contributed by atoms with van der Waals surface area (Å²) in [5.74, 6) is 0.864. The summed E-state index contributed by atoms with van der Waals surface area (Å²) in [6.07, 6.45) is 7.54. The predicted molar refractivity (Wildman–Crippen MR) is 157 cm³/mol. The average molecular weight is 617 g/mol. The van der Waals surface area contributed by atoms with Crippen LogP contribution in [0.5, 0.6) is 5.75 Å². The first kappa shape index (κ1) is 27.5. The lowest BCUT2D eigenvalue weighted by Gasteiger charge is -2.42. The van der Waals surface area contributed by atoms with Crippen molar-refractivity contribution in [2.45, 2.75) is 71.2 Å². The van der Waals surface area contributed by atoms with Crippen molar-refractivity contribution in [3.05, 3.63) is 80.8 Å². The van der Waals surface area contributed by atoms with E-state index in [1.165, 1.54) is 6.42 Å². The van der Waals surface area contributed by atoms with Crippen molar-refractivity contribution in [2.24, 2.45) is 5.92 Å². The van der Waals surface area contributed by atoms with Crippen LogP contribution in [0.4, 0.5) is 0 Å². The molecular weight excluding hydrogens is 582 g/mol. The van der Waals surface area contributed by atoms with E-state index in [1.54, 1.807) is 10.9 Å². The van der Waals surface area contributed by atoms with Crippen molar-refractivity contribution >= 4 is 27.7 Å². The van der Waals surface area contributed by atoms with Gasteiger partial charge in [0.15, 0.2) is 0 Å². The quantitative estimate of drug-likeness (QED) is 0.336. The van der Waals surface area contributed by atoms with Gasteiger partial charge in [0.2, 0.25) is 5.91 Å². The number of hydrogen-bond acceptors (Lipinski definition) is 5. The van der Waals surface area contributed by atoms with E-state index in [-0.39, 0.29) is 30.4 Å². The lowest BCUT2D eigenvalue weighted by atomic mass is 9.85. The first-order chi connectivity index (χ1) is 20.0. The van der Waals surface area contributed by atoms with Gasteiger partial charge in [-0.05, 0) is 55.5 Å². The molecule has 0 saturated heterocycles. The monoisotopic (exact) mass is 615 g/mol. The van der Waals surface area contributed by atoms with Gasteiger partial charge in [0.25, 0.3) is 5.91 Å². The van der Waals surface area contributed by atoms with Gasteiger partial charge in [-0.2, -0.15) is 5.26 Å². The molecule has 0 spiro atoms. The van der Waals surface area contributed by atoms with Crippen molar-refractivity contribution in [3.63, 3.8) is 0 Å². The molecule has 0 unspecified atom stereocenters. The van der Waals surface area contributed by atoms with E-state index in [2.05, 4.69) is 27.0 Å². The molecule has 0 N–H and O–H groups in total. The Labute approximate surface area is 249 Å². The van der Waals surface area contributed by atoms with E-state index in [0.29, 0.717) is 49.7 Å². The average Bonchev–Trinajstić information content (AvgIpc) is 3.56. The number of benzene rings is 2. The number of hydrogen-bond donors (Lipinski definition) is 0. The Kier molecular flexibility index (Phi) is 7.85. The number of nitrogens with zero attached hydrogens (tertiary/aromatic N) is 5. The van der Waals surface area contributed by atoms with Gasteiger partial charge >= 0.3 is 0 Å². The molecular formula is C32H34BrN5O3. The molecule has 3 aromatic rings. The molecule has 3 heterocycles. The number of imidazole rings is 1. The molecule has 0 radical (unpaired) electrons. The highest BCUT2D eigenvalue weighted by molar-refractivity contribution is 9.10. The van der Waals surface area contributed by atoms with E-state index >= 15 is 0 Å². The van der Waals surface area contributed by atoms with Crippen LogP contribution < -0.4 is 4.74 Å². The van der Waals surface area contributed by atoms with Gasteiger partial charge in [0, 0.05) is 47.7 Å². The van der Waals surface area contributed by atoms with Crippen molar-refractivity contribution in [1.82, 2.24) is 19.4 Å². The summed E-state index contributed by atoms with van der Waals surface area (Å²) in [4.78, 5) is 35.8. The number of carbonyl (C=O) groups excluding carboxylic acids is 2. The van der Waals surface area contributed by atoms with Gasteiger partial charge in [-0.25, -0.2) is 4.98 Å². The molecule has 8 nitrogen and oxygen atoms in total.